The quantitative estimate of drug-likeness (QED) is 0.126. The summed E-state index contributed by atoms with van der Waals surface area (Å²) in [5.41, 5.74) is -5.25. The number of carboxylic acids is 1. The predicted octanol–water partition coefficient (Wildman–Crippen LogP) is 8.76. The van der Waals surface area contributed by atoms with E-state index in [1.807, 2.05) is 13.0 Å². The SMILES string of the molecule is CCCC1N(C(=O)c2ncccc2C(F)(F)F)CCCC1(Oc1ccc(C(F)F)cc1)C(=O)N1CCC(C#N)(c2ccccc2OCCCC2(C(=O)O)CCC2)CC1. The number of amides is 2. The Morgan fingerprint density at radius 3 is 2.28 bits per heavy atom. The average molecular weight is 811 g/mol. The molecule has 0 radical (unpaired) electrons. The number of halogens is 5. The van der Waals surface area contributed by atoms with E-state index in [9.17, 15) is 41.9 Å². The number of pyridine rings is 1. The summed E-state index contributed by atoms with van der Waals surface area (Å²) in [6, 6.07) is 15.4. The maximum Gasteiger partial charge on any atom is 0.418 e. The number of hydrogen-bond acceptors (Lipinski definition) is 7. The number of nitrogens with zero attached hydrogens (tertiary/aromatic N) is 4. The number of aliphatic carboxylic acids is 1. The van der Waals surface area contributed by atoms with Crippen LogP contribution in [0.15, 0.2) is 66.9 Å². The first-order valence-corrected chi connectivity index (χ1v) is 19.8. The van der Waals surface area contributed by atoms with Gasteiger partial charge in [0.1, 0.15) is 17.2 Å². The molecule has 2 unspecified atom stereocenters. The highest BCUT2D eigenvalue weighted by Gasteiger charge is 2.57. The van der Waals surface area contributed by atoms with Crippen LogP contribution >= 0.6 is 0 Å². The molecule has 2 aromatic carbocycles. The van der Waals surface area contributed by atoms with Crippen LogP contribution in [0.4, 0.5) is 22.0 Å². The molecule has 6 rings (SSSR count). The van der Waals surface area contributed by atoms with Gasteiger partial charge in [0.25, 0.3) is 18.2 Å². The van der Waals surface area contributed by atoms with Gasteiger partial charge in [-0.05, 0) is 93.8 Å². The highest BCUT2D eigenvalue weighted by atomic mass is 19.4. The Morgan fingerprint density at radius 2 is 1.67 bits per heavy atom. The Labute approximate surface area is 333 Å². The number of piperidine rings is 2. The van der Waals surface area contributed by atoms with E-state index in [-0.39, 0.29) is 69.7 Å². The van der Waals surface area contributed by atoms with Crippen molar-refractivity contribution < 1.29 is 50.9 Å². The molecule has 3 fully saturated rings. The Balaban J connectivity index is 1.28. The van der Waals surface area contributed by atoms with Crippen molar-refractivity contribution >= 4 is 17.8 Å². The number of para-hydroxylation sites is 1. The zero-order valence-electron chi connectivity index (χ0n) is 32.3. The van der Waals surface area contributed by atoms with Gasteiger partial charge in [-0.2, -0.15) is 18.4 Å². The molecule has 1 aliphatic carbocycles. The molecule has 10 nitrogen and oxygen atoms in total. The molecule has 1 saturated carbocycles. The van der Waals surface area contributed by atoms with E-state index in [1.165, 1.54) is 29.2 Å². The van der Waals surface area contributed by atoms with Crippen LogP contribution in [-0.4, -0.2) is 75.6 Å². The first-order chi connectivity index (χ1) is 27.7. The number of carboxylic acid groups (broad SMARTS) is 1. The van der Waals surface area contributed by atoms with Crippen LogP contribution in [0.3, 0.4) is 0 Å². The van der Waals surface area contributed by atoms with Crippen molar-refractivity contribution in [2.75, 3.05) is 26.2 Å². The van der Waals surface area contributed by atoms with E-state index in [4.69, 9.17) is 9.47 Å². The second-order valence-corrected chi connectivity index (χ2v) is 15.5. The molecule has 2 saturated heterocycles. The normalized spacial score (nSPS) is 21.4. The highest BCUT2D eigenvalue weighted by molar-refractivity contribution is 5.96. The number of carbonyl (C=O) groups excluding carboxylic acids is 2. The van der Waals surface area contributed by atoms with Gasteiger partial charge in [0, 0.05) is 43.4 Å². The third-order valence-corrected chi connectivity index (χ3v) is 12.1. The average Bonchev–Trinajstić information content (AvgIpc) is 3.20. The number of ether oxygens (including phenoxy) is 2. The lowest BCUT2D eigenvalue weighted by atomic mass is 9.66. The summed E-state index contributed by atoms with van der Waals surface area (Å²) in [5, 5.41) is 20.4. The molecule has 310 valence electrons. The Hall–Kier alpha value is -5.26. The molecule has 1 N–H and O–H groups in total. The van der Waals surface area contributed by atoms with Gasteiger partial charge in [0.2, 0.25) is 5.60 Å². The van der Waals surface area contributed by atoms with Crippen LogP contribution in [0.2, 0.25) is 0 Å². The minimum atomic E-state index is -4.88. The second-order valence-electron chi connectivity index (χ2n) is 15.5. The minimum absolute atomic E-state index is 0.0195. The van der Waals surface area contributed by atoms with Crippen LogP contribution in [0.25, 0.3) is 0 Å². The molecule has 0 bridgehead atoms. The van der Waals surface area contributed by atoms with E-state index < -0.39 is 64.1 Å². The zero-order chi connectivity index (χ0) is 41.7. The van der Waals surface area contributed by atoms with Gasteiger partial charge < -0.3 is 24.4 Å². The largest absolute Gasteiger partial charge is 0.493 e. The smallest absolute Gasteiger partial charge is 0.418 e. The molecule has 58 heavy (non-hydrogen) atoms. The van der Waals surface area contributed by atoms with Crippen molar-refractivity contribution in [1.29, 1.82) is 5.26 Å². The van der Waals surface area contributed by atoms with Gasteiger partial charge in [-0.25, -0.2) is 8.78 Å². The topological polar surface area (TPSA) is 133 Å². The van der Waals surface area contributed by atoms with Gasteiger partial charge in [-0.3, -0.25) is 19.4 Å². The van der Waals surface area contributed by atoms with Crippen LogP contribution in [-0.2, 0) is 21.2 Å². The number of benzene rings is 2. The van der Waals surface area contributed by atoms with Crippen molar-refractivity contribution in [3.8, 4) is 17.6 Å². The lowest BCUT2D eigenvalue weighted by Crippen LogP contribution is -2.68. The maximum absolute atomic E-state index is 15.1. The van der Waals surface area contributed by atoms with E-state index in [1.54, 1.807) is 23.1 Å². The third-order valence-electron chi connectivity index (χ3n) is 12.1. The molecule has 3 aliphatic rings. The fourth-order valence-corrected chi connectivity index (χ4v) is 8.79. The third kappa shape index (κ3) is 8.33. The second kappa shape index (κ2) is 17.3. The Kier molecular flexibility index (Phi) is 12.6. The zero-order valence-corrected chi connectivity index (χ0v) is 32.3. The summed E-state index contributed by atoms with van der Waals surface area (Å²) in [6.45, 7) is 2.26. The molecule has 3 heterocycles. The minimum Gasteiger partial charge on any atom is -0.493 e. The highest BCUT2D eigenvalue weighted by Crippen LogP contribution is 2.46. The first kappa shape index (κ1) is 42.3. The summed E-state index contributed by atoms with van der Waals surface area (Å²) in [7, 11) is 0. The molecule has 15 heteroatoms. The summed E-state index contributed by atoms with van der Waals surface area (Å²) < 4.78 is 82.1. The van der Waals surface area contributed by atoms with E-state index >= 15 is 4.79 Å². The molecule has 2 atom stereocenters. The van der Waals surface area contributed by atoms with Crippen molar-refractivity contribution in [3.05, 3.63) is 89.2 Å². The maximum atomic E-state index is 15.1. The van der Waals surface area contributed by atoms with Crippen LogP contribution < -0.4 is 9.47 Å². The monoisotopic (exact) mass is 810 g/mol. The van der Waals surface area contributed by atoms with Crippen molar-refractivity contribution in [2.24, 2.45) is 5.41 Å². The van der Waals surface area contributed by atoms with Gasteiger partial charge in [0.15, 0.2) is 0 Å². The molecule has 3 aromatic rings. The number of hydrogen-bond donors (Lipinski definition) is 1. The number of nitriles is 1. The molecular weight excluding hydrogens is 763 g/mol. The van der Waals surface area contributed by atoms with E-state index in [0.29, 0.717) is 43.4 Å². The van der Waals surface area contributed by atoms with E-state index in [2.05, 4.69) is 11.1 Å². The predicted molar refractivity (Wildman–Crippen MR) is 201 cm³/mol. The van der Waals surface area contributed by atoms with Crippen LogP contribution in [0.5, 0.6) is 11.5 Å². The van der Waals surface area contributed by atoms with Gasteiger partial charge in [0.05, 0.1) is 35.1 Å². The van der Waals surface area contributed by atoms with Gasteiger partial charge in [-0.1, -0.05) is 38.0 Å². The van der Waals surface area contributed by atoms with E-state index in [0.717, 1.165) is 24.8 Å². The van der Waals surface area contributed by atoms with Crippen molar-refractivity contribution in [3.63, 3.8) is 0 Å². The molecule has 2 amide bonds. The number of rotatable bonds is 14. The molecule has 2 aliphatic heterocycles. The first-order valence-electron chi connectivity index (χ1n) is 19.8. The molecular formula is C43H47F5N4O6. The summed E-state index contributed by atoms with van der Waals surface area (Å²) in [4.78, 5) is 47.7. The number of alkyl halides is 5. The van der Waals surface area contributed by atoms with Crippen LogP contribution in [0, 0.1) is 16.7 Å². The van der Waals surface area contributed by atoms with Crippen LogP contribution in [0.1, 0.15) is 111 Å². The number of aromatic nitrogens is 1. The Morgan fingerprint density at radius 1 is 0.966 bits per heavy atom. The summed E-state index contributed by atoms with van der Waals surface area (Å²) in [6.07, 6.45) is -2.16. The van der Waals surface area contributed by atoms with Crippen molar-refractivity contribution in [1.82, 2.24) is 14.8 Å². The molecule has 1 aromatic heterocycles. The lowest BCUT2D eigenvalue weighted by molar-refractivity contribution is -0.160. The molecule has 0 spiro atoms. The lowest BCUT2D eigenvalue weighted by Gasteiger charge is -2.51. The standard InChI is InChI=1S/C43H47F5N4O6/c1-2-9-34-42(58-30-15-13-29(14-16-30)36(44)45,20-7-24-52(34)37(53)35-32(43(46,47)48)11-5-23-50-35)38(54)51-25-21-41(28-49,22-26-51)31-10-3-4-12-33(31)57-27-8-19-40(39(55)56)17-6-18-40/h3-5,10-16,23,34,36H,2,6-9,17-22,24-27H2,1H3,(H,55,56). The Bertz CT molecular complexity index is 1990. The van der Waals surface area contributed by atoms with Gasteiger partial charge >= 0.3 is 12.1 Å². The summed E-state index contributed by atoms with van der Waals surface area (Å²) in [5.74, 6) is -1.77. The number of likely N-dealkylation sites (tertiary alicyclic amines) is 2. The fraction of sp³-hybridized carbons (Fsp3) is 0.512. The van der Waals surface area contributed by atoms with Gasteiger partial charge in [-0.15, -0.1) is 0 Å². The fourth-order valence-electron chi connectivity index (χ4n) is 8.79. The van der Waals surface area contributed by atoms with Crippen molar-refractivity contribution in [2.45, 2.75) is 107 Å². The summed E-state index contributed by atoms with van der Waals surface area (Å²) >= 11 is 0. The number of carbonyl (C=O) groups is 3.